The van der Waals surface area contributed by atoms with Gasteiger partial charge in [0.2, 0.25) is 0 Å². The first-order valence-electron chi connectivity index (χ1n) is 8.32. The number of H-pyrrole nitrogens is 2. The maximum atomic E-state index is 12.2. The third-order valence-electron chi connectivity index (χ3n) is 5.41. The van der Waals surface area contributed by atoms with Gasteiger partial charge in [-0.2, -0.15) is 0 Å². The zero-order chi connectivity index (χ0) is 16.6. The van der Waals surface area contributed by atoms with E-state index in [2.05, 4.69) is 19.8 Å². The first-order valence-corrected chi connectivity index (χ1v) is 8.32. The van der Waals surface area contributed by atoms with Crippen molar-refractivity contribution in [1.29, 1.82) is 0 Å². The lowest BCUT2D eigenvalue weighted by molar-refractivity contribution is 0.0831. The average Bonchev–Trinajstić information content (AvgIpc) is 2.72. The Bertz CT molecular complexity index is 654. The van der Waals surface area contributed by atoms with Crippen molar-refractivity contribution in [2.45, 2.75) is 50.7 Å². The summed E-state index contributed by atoms with van der Waals surface area (Å²) in [7, 11) is 3.71. The topological polar surface area (TPSA) is 81.4 Å². The molecule has 2 aliphatic heterocycles. The van der Waals surface area contributed by atoms with Crippen LogP contribution >= 0.6 is 0 Å². The van der Waals surface area contributed by atoms with Crippen LogP contribution in [0, 0.1) is 6.92 Å². The van der Waals surface area contributed by atoms with Crippen LogP contribution < -0.4 is 16.1 Å². The van der Waals surface area contributed by atoms with Crippen molar-refractivity contribution in [3.63, 3.8) is 0 Å². The molecule has 7 heteroatoms. The van der Waals surface area contributed by atoms with Crippen LogP contribution in [0.25, 0.3) is 0 Å². The standard InChI is InChI=1S/C16H26N4O3/c1-10-14(15(21)18-16(22)17-10)19(2)13-8-11-4-5-12(9-13)20(11)6-7-23-3/h11-13H,4-9H2,1-3H3,(H2,17,18,21,22). The smallest absolute Gasteiger partial charge is 0.326 e. The number of ether oxygens (including phenoxy) is 1. The molecule has 2 bridgehead atoms. The molecule has 0 saturated carbocycles. The minimum Gasteiger partial charge on any atom is -0.383 e. The van der Waals surface area contributed by atoms with E-state index < -0.39 is 5.69 Å². The lowest BCUT2D eigenvalue weighted by Crippen LogP contribution is -2.51. The van der Waals surface area contributed by atoms with Gasteiger partial charge < -0.3 is 14.6 Å². The van der Waals surface area contributed by atoms with Crippen molar-refractivity contribution < 1.29 is 4.74 Å². The fourth-order valence-electron chi connectivity index (χ4n) is 4.32. The number of anilines is 1. The van der Waals surface area contributed by atoms with Crippen LogP contribution in [0.3, 0.4) is 0 Å². The minimum absolute atomic E-state index is 0.303. The Kier molecular flexibility index (Phi) is 4.59. The Hall–Kier alpha value is -1.60. The number of nitrogens with zero attached hydrogens (tertiary/aromatic N) is 2. The number of piperidine rings is 1. The first-order chi connectivity index (χ1) is 11.0. The van der Waals surface area contributed by atoms with Gasteiger partial charge in [-0.15, -0.1) is 0 Å². The number of aromatic amines is 2. The molecule has 0 radical (unpaired) electrons. The molecule has 0 aliphatic carbocycles. The molecule has 0 spiro atoms. The number of hydrogen-bond acceptors (Lipinski definition) is 5. The number of rotatable bonds is 5. The Balaban J connectivity index is 1.77. The summed E-state index contributed by atoms with van der Waals surface area (Å²) in [6.45, 7) is 3.54. The second-order valence-electron chi connectivity index (χ2n) is 6.73. The van der Waals surface area contributed by atoms with Gasteiger partial charge in [0, 0.05) is 44.5 Å². The number of nitrogens with one attached hydrogen (secondary N) is 2. The summed E-state index contributed by atoms with van der Waals surface area (Å²) in [6.07, 6.45) is 4.54. The van der Waals surface area contributed by atoms with E-state index in [1.807, 2.05) is 7.05 Å². The third-order valence-corrected chi connectivity index (χ3v) is 5.41. The predicted octanol–water partition coefficient (Wildman–Crippen LogP) is 0.450. The molecule has 2 saturated heterocycles. The predicted molar refractivity (Wildman–Crippen MR) is 89.2 cm³/mol. The van der Waals surface area contributed by atoms with Crippen LogP contribution in [0.2, 0.25) is 0 Å². The highest BCUT2D eigenvalue weighted by atomic mass is 16.5. The summed E-state index contributed by atoms with van der Waals surface area (Å²) >= 11 is 0. The zero-order valence-corrected chi connectivity index (χ0v) is 14.1. The maximum absolute atomic E-state index is 12.2. The van der Waals surface area contributed by atoms with E-state index in [4.69, 9.17) is 4.74 Å². The molecule has 128 valence electrons. The van der Waals surface area contributed by atoms with Gasteiger partial charge in [0.1, 0.15) is 5.69 Å². The summed E-state index contributed by atoms with van der Waals surface area (Å²) in [6, 6.07) is 1.47. The van der Waals surface area contributed by atoms with Crippen LogP contribution in [0.15, 0.2) is 9.59 Å². The molecular weight excluding hydrogens is 296 g/mol. The van der Waals surface area contributed by atoms with E-state index in [1.54, 1.807) is 14.0 Å². The van der Waals surface area contributed by atoms with Gasteiger partial charge in [0.15, 0.2) is 0 Å². The van der Waals surface area contributed by atoms with Crippen molar-refractivity contribution in [3.8, 4) is 0 Å². The van der Waals surface area contributed by atoms with E-state index in [-0.39, 0.29) is 5.56 Å². The molecule has 3 heterocycles. The molecule has 0 aromatic carbocycles. The van der Waals surface area contributed by atoms with Crippen LogP contribution in [-0.4, -0.2) is 60.3 Å². The second kappa shape index (κ2) is 6.49. The lowest BCUT2D eigenvalue weighted by atomic mass is 9.95. The molecule has 2 N–H and O–H groups in total. The van der Waals surface area contributed by atoms with Crippen molar-refractivity contribution in [3.05, 3.63) is 26.5 Å². The fourth-order valence-corrected chi connectivity index (χ4v) is 4.32. The van der Waals surface area contributed by atoms with Gasteiger partial charge in [-0.25, -0.2) is 4.79 Å². The van der Waals surface area contributed by atoms with E-state index >= 15 is 0 Å². The zero-order valence-electron chi connectivity index (χ0n) is 14.1. The summed E-state index contributed by atoms with van der Waals surface area (Å²) in [5, 5.41) is 0. The number of aryl methyl sites for hydroxylation is 1. The molecule has 7 nitrogen and oxygen atoms in total. The maximum Gasteiger partial charge on any atom is 0.326 e. The monoisotopic (exact) mass is 322 g/mol. The second-order valence-corrected chi connectivity index (χ2v) is 6.73. The summed E-state index contributed by atoms with van der Waals surface area (Å²) < 4.78 is 5.22. The number of methoxy groups -OCH3 is 1. The number of fused-ring (bicyclic) bond motifs is 2. The van der Waals surface area contributed by atoms with Gasteiger partial charge in [0.05, 0.1) is 6.61 Å². The van der Waals surface area contributed by atoms with Crippen LogP contribution in [0.4, 0.5) is 5.69 Å². The van der Waals surface area contributed by atoms with Gasteiger partial charge in [-0.3, -0.25) is 14.7 Å². The lowest BCUT2D eigenvalue weighted by Gasteiger charge is -2.42. The normalized spacial score (nSPS) is 27.3. The number of hydrogen-bond donors (Lipinski definition) is 2. The van der Waals surface area contributed by atoms with E-state index in [0.29, 0.717) is 29.5 Å². The number of aromatic nitrogens is 2. The molecule has 23 heavy (non-hydrogen) atoms. The molecule has 3 rings (SSSR count). The summed E-state index contributed by atoms with van der Waals surface area (Å²) in [5.41, 5.74) is 0.469. The van der Waals surface area contributed by atoms with Crippen molar-refractivity contribution >= 4 is 5.69 Å². The van der Waals surface area contributed by atoms with Crippen LogP contribution in [0.5, 0.6) is 0 Å². The highest BCUT2D eigenvalue weighted by molar-refractivity contribution is 5.48. The average molecular weight is 322 g/mol. The third kappa shape index (κ3) is 3.07. The molecule has 1 aromatic rings. The molecule has 2 aliphatic rings. The van der Waals surface area contributed by atoms with Crippen molar-refractivity contribution in [2.24, 2.45) is 0 Å². The van der Waals surface area contributed by atoms with Gasteiger partial charge in [-0.1, -0.05) is 0 Å². The van der Waals surface area contributed by atoms with Gasteiger partial charge in [0.25, 0.3) is 5.56 Å². The Labute approximate surface area is 135 Å². The fraction of sp³-hybridized carbons (Fsp3) is 0.750. The Morgan fingerprint density at radius 3 is 2.43 bits per heavy atom. The quantitative estimate of drug-likeness (QED) is 0.822. The van der Waals surface area contributed by atoms with E-state index in [0.717, 1.165) is 26.0 Å². The van der Waals surface area contributed by atoms with Crippen LogP contribution in [0.1, 0.15) is 31.4 Å². The van der Waals surface area contributed by atoms with E-state index in [1.165, 1.54) is 12.8 Å². The largest absolute Gasteiger partial charge is 0.383 e. The van der Waals surface area contributed by atoms with Crippen molar-refractivity contribution in [2.75, 3.05) is 32.2 Å². The highest BCUT2D eigenvalue weighted by Crippen LogP contribution is 2.37. The Morgan fingerprint density at radius 1 is 1.22 bits per heavy atom. The molecule has 2 unspecified atom stereocenters. The first kappa shape index (κ1) is 16.3. The minimum atomic E-state index is -0.445. The molecular formula is C16H26N4O3. The summed E-state index contributed by atoms with van der Waals surface area (Å²) in [5.74, 6) is 0. The Morgan fingerprint density at radius 2 is 1.87 bits per heavy atom. The molecule has 0 amide bonds. The molecule has 1 aromatic heterocycles. The van der Waals surface area contributed by atoms with Crippen molar-refractivity contribution in [1.82, 2.24) is 14.9 Å². The molecule has 2 atom stereocenters. The molecule has 2 fully saturated rings. The SMILES string of the molecule is COCCN1C2CCC1CC(N(C)c1c(C)[nH]c(=O)[nH]c1=O)C2. The van der Waals surface area contributed by atoms with Gasteiger partial charge >= 0.3 is 5.69 Å². The van der Waals surface area contributed by atoms with E-state index in [9.17, 15) is 9.59 Å². The van der Waals surface area contributed by atoms with Gasteiger partial charge in [-0.05, 0) is 32.6 Å². The summed E-state index contributed by atoms with van der Waals surface area (Å²) in [4.78, 5) is 33.2. The highest BCUT2D eigenvalue weighted by Gasteiger charge is 2.41. The van der Waals surface area contributed by atoms with Crippen LogP contribution in [-0.2, 0) is 4.74 Å².